The van der Waals surface area contributed by atoms with Crippen molar-refractivity contribution < 1.29 is 38.4 Å². The molecule has 1 aliphatic heterocycles. The van der Waals surface area contributed by atoms with E-state index >= 15 is 0 Å². The monoisotopic (exact) mass is 388 g/mol. The lowest BCUT2D eigenvalue weighted by atomic mass is 9.98. The van der Waals surface area contributed by atoms with Gasteiger partial charge in [0, 0.05) is 12.0 Å². The summed E-state index contributed by atoms with van der Waals surface area (Å²) in [5, 5.41) is 9.45. The minimum absolute atomic E-state index is 0.0439. The van der Waals surface area contributed by atoms with Gasteiger partial charge in [0.05, 0.1) is 26.9 Å². The molecule has 3 rings (SSSR count). The topological polar surface area (TPSA) is 101 Å². The molecule has 0 spiro atoms. The van der Waals surface area contributed by atoms with Crippen LogP contribution in [-0.2, 0) is 6.42 Å². The zero-order chi connectivity index (χ0) is 20.3. The minimum atomic E-state index is -1.09. The normalized spacial score (nSPS) is 11.8. The highest BCUT2D eigenvalue weighted by molar-refractivity contribution is 5.98. The Labute approximate surface area is 161 Å². The van der Waals surface area contributed by atoms with Crippen molar-refractivity contribution in [3.05, 3.63) is 41.0 Å². The smallest absolute Gasteiger partial charge is 0.336 e. The number of hydrogen-bond acceptors (Lipinski definition) is 7. The Hall–Kier alpha value is -3.42. The molecule has 148 valence electrons. The lowest BCUT2D eigenvalue weighted by Gasteiger charge is -2.14. The Balaban J connectivity index is 1.84. The molecule has 1 aliphatic rings. The fourth-order valence-corrected chi connectivity index (χ4v) is 3.02. The number of aryl methyl sites for hydroxylation is 1. The highest BCUT2D eigenvalue weighted by Crippen LogP contribution is 2.39. The SMILES string of the molecule is COc1cc(C(=O)CCc2cc3c(cc2C(=O)O)OCO3)cc(OC)c1OC. The number of carboxylic acids is 1. The summed E-state index contributed by atoms with van der Waals surface area (Å²) in [7, 11) is 4.42. The molecule has 0 atom stereocenters. The number of rotatable bonds is 8. The minimum Gasteiger partial charge on any atom is -0.493 e. The van der Waals surface area contributed by atoms with E-state index < -0.39 is 5.97 Å². The Bertz CT molecular complexity index is 894. The summed E-state index contributed by atoms with van der Waals surface area (Å²) in [6, 6.07) is 6.17. The van der Waals surface area contributed by atoms with Crippen molar-refractivity contribution in [2.45, 2.75) is 12.8 Å². The molecule has 0 saturated heterocycles. The van der Waals surface area contributed by atoms with Crippen LogP contribution < -0.4 is 23.7 Å². The van der Waals surface area contributed by atoms with Gasteiger partial charge < -0.3 is 28.8 Å². The summed E-state index contributed by atoms with van der Waals surface area (Å²) in [5.74, 6) is 0.726. The molecule has 1 N–H and O–H groups in total. The van der Waals surface area contributed by atoms with Gasteiger partial charge in [0.1, 0.15) is 0 Å². The third kappa shape index (κ3) is 3.66. The highest BCUT2D eigenvalue weighted by Gasteiger charge is 2.22. The molecule has 0 bridgehead atoms. The second kappa shape index (κ2) is 8.08. The van der Waals surface area contributed by atoms with Crippen molar-refractivity contribution in [3.63, 3.8) is 0 Å². The maximum Gasteiger partial charge on any atom is 0.336 e. The molecule has 28 heavy (non-hydrogen) atoms. The second-order valence-electron chi connectivity index (χ2n) is 6.00. The summed E-state index contributed by atoms with van der Waals surface area (Å²) in [6.07, 6.45) is 0.326. The maximum atomic E-state index is 12.7. The number of ketones is 1. The third-order valence-corrected chi connectivity index (χ3v) is 4.44. The lowest BCUT2D eigenvalue weighted by Crippen LogP contribution is -2.07. The predicted octanol–water partition coefficient (Wildman–Crippen LogP) is 2.95. The number of aromatic carboxylic acids is 1. The summed E-state index contributed by atoms with van der Waals surface area (Å²) in [5.41, 5.74) is 0.964. The number of carbonyl (C=O) groups excluding carboxylic acids is 1. The van der Waals surface area contributed by atoms with Crippen LogP contribution >= 0.6 is 0 Å². The summed E-state index contributed by atoms with van der Waals surface area (Å²) in [4.78, 5) is 24.3. The average Bonchev–Trinajstić information content (AvgIpc) is 3.17. The Morgan fingerprint density at radius 3 is 2.11 bits per heavy atom. The number of hydrogen-bond donors (Lipinski definition) is 1. The number of benzene rings is 2. The van der Waals surface area contributed by atoms with E-state index in [1.165, 1.54) is 27.4 Å². The van der Waals surface area contributed by atoms with Crippen LogP contribution in [0.4, 0.5) is 0 Å². The largest absolute Gasteiger partial charge is 0.493 e. The van der Waals surface area contributed by atoms with Gasteiger partial charge in [-0.25, -0.2) is 4.79 Å². The number of methoxy groups -OCH3 is 3. The number of carbonyl (C=O) groups is 2. The van der Waals surface area contributed by atoms with Crippen LogP contribution in [0, 0.1) is 0 Å². The van der Waals surface area contributed by atoms with E-state index in [1.807, 2.05) is 0 Å². The molecule has 8 nitrogen and oxygen atoms in total. The number of carboxylic acid groups (broad SMARTS) is 1. The molecule has 0 aromatic heterocycles. The molecule has 0 aliphatic carbocycles. The van der Waals surface area contributed by atoms with Gasteiger partial charge in [-0.15, -0.1) is 0 Å². The van der Waals surface area contributed by atoms with Gasteiger partial charge in [-0.2, -0.15) is 0 Å². The molecule has 0 amide bonds. The van der Waals surface area contributed by atoms with Crippen molar-refractivity contribution in [3.8, 4) is 28.7 Å². The second-order valence-corrected chi connectivity index (χ2v) is 6.00. The summed E-state index contributed by atoms with van der Waals surface area (Å²) < 4.78 is 26.3. The van der Waals surface area contributed by atoms with E-state index in [2.05, 4.69) is 0 Å². The molecule has 0 fully saturated rings. The van der Waals surface area contributed by atoms with Gasteiger partial charge in [0.15, 0.2) is 28.8 Å². The Morgan fingerprint density at radius 2 is 1.57 bits per heavy atom. The predicted molar refractivity (Wildman–Crippen MR) is 98.3 cm³/mol. The first-order valence-electron chi connectivity index (χ1n) is 8.47. The van der Waals surface area contributed by atoms with Crippen LogP contribution in [0.5, 0.6) is 28.7 Å². The first-order chi connectivity index (χ1) is 13.5. The molecule has 2 aromatic carbocycles. The van der Waals surface area contributed by atoms with Gasteiger partial charge in [-0.1, -0.05) is 0 Å². The van der Waals surface area contributed by atoms with Crippen LogP contribution in [0.1, 0.15) is 32.7 Å². The summed E-state index contributed by atoms with van der Waals surface area (Å²) >= 11 is 0. The van der Waals surface area contributed by atoms with E-state index in [0.717, 1.165) is 0 Å². The van der Waals surface area contributed by atoms with Gasteiger partial charge in [0.2, 0.25) is 12.5 Å². The standard InChI is InChI=1S/C20H20O8/c1-24-17-7-12(8-18(25-2)19(17)26-3)14(21)5-4-11-6-15-16(28-10-27-15)9-13(11)20(22)23/h6-9H,4-5,10H2,1-3H3,(H,22,23). The number of Topliss-reactive ketones (excluding diaryl/α,β-unsaturated/α-hetero) is 1. The molecule has 0 saturated carbocycles. The molecule has 0 unspecified atom stereocenters. The van der Waals surface area contributed by atoms with E-state index in [9.17, 15) is 14.7 Å². The molecule has 0 radical (unpaired) electrons. The third-order valence-electron chi connectivity index (χ3n) is 4.44. The van der Waals surface area contributed by atoms with E-state index in [0.29, 0.717) is 39.9 Å². The van der Waals surface area contributed by atoms with E-state index in [1.54, 1.807) is 18.2 Å². The molecule has 2 aromatic rings. The Kier molecular flexibility index (Phi) is 5.58. The van der Waals surface area contributed by atoms with Crippen molar-refractivity contribution >= 4 is 11.8 Å². The first-order valence-corrected chi connectivity index (χ1v) is 8.47. The van der Waals surface area contributed by atoms with Gasteiger partial charge in [-0.3, -0.25) is 4.79 Å². The van der Waals surface area contributed by atoms with Gasteiger partial charge in [-0.05, 0) is 36.2 Å². The van der Waals surface area contributed by atoms with Gasteiger partial charge >= 0.3 is 5.97 Å². The molecule has 1 heterocycles. The van der Waals surface area contributed by atoms with Crippen LogP contribution in [0.2, 0.25) is 0 Å². The van der Waals surface area contributed by atoms with Crippen LogP contribution in [0.25, 0.3) is 0 Å². The zero-order valence-electron chi connectivity index (χ0n) is 15.7. The molecular weight excluding hydrogens is 368 g/mol. The molecule has 8 heteroatoms. The van der Waals surface area contributed by atoms with Crippen LogP contribution in [0.15, 0.2) is 24.3 Å². The lowest BCUT2D eigenvalue weighted by molar-refractivity contribution is 0.0694. The van der Waals surface area contributed by atoms with E-state index in [4.69, 9.17) is 23.7 Å². The first kappa shape index (κ1) is 19.3. The number of fused-ring (bicyclic) bond motifs is 1. The Morgan fingerprint density at radius 1 is 0.964 bits per heavy atom. The van der Waals surface area contributed by atoms with Crippen molar-refractivity contribution in [2.75, 3.05) is 28.1 Å². The number of ether oxygens (including phenoxy) is 5. The van der Waals surface area contributed by atoms with Crippen LogP contribution in [0.3, 0.4) is 0 Å². The summed E-state index contributed by atoms with van der Waals surface area (Å²) in [6.45, 7) is 0.0439. The molecular formula is C20H20O8. The van der Waals surface area contributed by atoms with E-state index in [-0.39, 0.29) is 31.0 Å². The quantitative estimate of drug-likeness (QED) is 0.689. The highest BCUT2D eigenvalue weighted by atomic mass is 16.7. The van der Waals surface area contributed by atoms with Gasteiger partial charge in [0.25, 0.3) is 0 Å². The van der Waals surface area contributed by atoms with Crippen molar-refractivity contribution in [1.29, 1.82) is 0 Å². The maximum absolute atomic E-state index is 12.7. The zero-order valence-corrected chi connectivity index (χ0v) is 15.7. The van der Waals surface area contributed by atoms with Crippen molar-refractivity contribution in [1.82, 2.24) is 0 Å². The average molecular weight is 388 g/mol. The fraction of sp³-hybridized carbons (Fsp3) is 0.300. The van der Waals surface area contributed by atoms with Crippen LogP contribution in [-0.4, -0.2) is 45.0 Å². The fourth-order valence-electron chi connectivity index (χ4n) is 3.02. The van der Waals surface area contributed by atoms with Crippen molar-refractivity contribution in [2.24, 2.45) is 0 Å².